The average Bonchev–Trinajstić information content (AvgIpc) is 2.01. The van der Waals surface area contributed by atoms with Crippen molar-refractivity contribution in [3.63, 3.8) is 0 Å². The quantitative estimate of drug-likeness (QED) is 0.706. The summed E-state index contributed by atoms with van der Waals surface area (Å²) in [5.74, 6) is -0.774. The lowest BCUT2D eigenvalue weighted by Crippen LogP contribution is -1.91. The van der Waals surface area contributed by atoms with Gasteiger partial charge in [-0.05, 0) is 42.7 Å². The summed E-state index contributed by atoms with van der Waals surface area (Å²) in [6.07, 6.45) is 1.15. The van der Waals surface area contributed by atoms with Crippen molar-refractivity contribution >= 4 is 11.5 Å². The molecule has 0 aliphatic heterocycles. The van der Waals surface area contributed by atoms with Gasteiger partial charge in [-0.25, -0.2) is 4.79 Å². The third-order valence-corrected chi connectivity index (χ3v) is 1.97. The van der Waals surface area contributed by atoms with Crippen LogP contribution in [0, 0.1) is 6.92 Å². The minimum Gasteiger partial charge on any atom is -0.508 e. The van der Waals surface area contributed by atoms with E-state index in [9.17, 15) is 4.79 Å². The number of aliphatic carboxylic acids is 1. The monoisotopic (exact) mass is 192 g/mol. The second kappa shape index (κ2) is 3.96. The molecular weight excluding hydrogens is 180 g/mol. The van der Waals surface area contributed by atoms with Crippen LogP contribution >= 0.6 is 0 Å². The lowest BCUT2D eigenvalue weighted by molar-refractivity contribution is -0.131. The third-order valence-electron chi connectivity index (χ3n) is 1.97. The number of rotatable bonds is 2. The number of allylic oxidation sites excluding steroid dienone is 1. The van der Waals surface area contributed by atoms with Crippen LogP contribution in [0.25, 0.3) is 5.57 Å². The smallest absolute Gasteiger partial charge is 0.328 e. The van der Waals surface area contributed by atoms with Crippen LogP contribution in [0.3, 0.4) is 0 Å². The minimum absolute atomic E-state index is 0.189. The SMILES string of the molecule is C/C(=C\C(=O)O)c1ccc(O)cc1C. The zero-order valence-corrected chi connectivity index (χ0v) is 8.11. The van der Waals surface area contributed by atoms with Gasteiger partial charge in [-0.2, -0.15) is 0 Å². The number of aryl methyl sites for hydroxylation is 1. The molecule has 0 atom stereocenters. The van der Waals surface area contributed by atoms with Gasteiger partial charge in [0.15, 0.2) is 0 Å². The Labute approximate surface area is 82.3 Å². The standard InChI is InChI=1S/C11H12O3/c1-7-5-9(12)3-4-10(7)8(2)6-11(13)14/h3-6,12H,1-2H3,(H,13,14)/b8-6+. The van der Waals surface area contributed by atoms with Gasteiger partial charge in [0.1, 0.15) is 5.75 Å². The van der Waals surface area contributed by atoms with E-state index in [1.165, 1.54) is 0 Å². The number of phenols is 1. The van der Waals surface area contributed by atoms with Crippen molar-refractivity contribution in [1.82, 2.24) is 0 Å². The van der Waals surface area contributed by atoms with E-state index in [1.54, 1.807) is 25.1 Å². The first-order chi connectivity index (χ1) is 6.50. The fraction of sp³-hybridized carbons (Fsp3) is 0.182. The van der Waals surface area contributed by atoms with Crippen LogP contribution in [0.4, 0.5) is 0 Å². The molecule has 0 saturated heterocycles. The Balaban J connectivity index is 3.14. The normalized spacial score (nSPS) is 11.4. The molecule has 0 aliphatic rings. The maximum absolute atomic E-state index is 10.4. The zero-order valence-electron chi connectivity index (χ0n) is 8.11. The van der Waals surface area contributed by atoms with Gasteiger partial charge in [0.25, 0.3) is 0 Å². The Bertz CT molecular complexity index is 392. The Kier molecular flexibility index (Phi) is 2.92. The van der Waals surface area contributed by atoms with E-state index in [2.05, 4.69) is 0 Å². The highest BCUT2D eigenvalue weighted by Crippen LogP contribution is 2.22. The van der Waals surface area contributed by atoms with E-state index in [4.69, 9.17) is 10.2 Å². The van der Waals surface area contributed by atoms with E-state index in [0.717, 1.165) is 17.2 Å². The molecule has 74 valence electrons. The van der Waals surface area contributed by atoms with Gasteiger partial charge in [0, 0.05) is 6.08 Å². The topological polar surface area (TPSA) is 57.5 Å². The molecule has 0 aromatic heterocycles. The molecule has 14 heavy (non-hydrogen) atoms. The summed E-state index contributed by atoms with van der Waals surface area (Å²) in [5, 5.41) is 17.7. The molecule has 0 bridgehead atoms. The van der Waals surface area contributed by atoms with Gasteiger partial charge in [0.05, 0.1) is 0 Å². The van der Waals surface area contributed by atoms with Crippen molar-refractivity contribution in [2.45, 2.75) is 13.8 Å². The van der Waals surface area contributed by atoms with Crippen LogP contribution in [-0.2, 0) is 4.79 Å². The molecule has 0 spiro atoms. The van der Waals surface area contributed by atoms with E-state index >= 15 is 0 Å². The summed E-state index contributed by atoms with van der Waals surface area (Å²) >= 11 is 0. The van der Waals surface area contributed by atoms with Gasteiger partial charge in [0.2, 0.25) is 0 Å². The molecule has 3 nitrogen and oxygen atoms in total. The predicted molar refractivity (Wildman–Crippen MR) is 54.1 cm³/mol. The van der Waals surface area contributed by atoms with Crippen LogP contribution in [-0.4, -0.2) is 16.2 Å². The number of benzene rings is 1. The highest BCUT2D eigenvalue weighted by atomic mass is 16.4. The number of phenolic OH excluding ortho intramolecular Hbond substituents is 1. The first-order valence-corrected chi connectivity index (χ1v) is 4.22. The highest BCUT2D eigenvalue weighted by molar-refractivity contribution is 5.89. The molecule has 1 aromatic carbocycles. The van der Waals surface area contributed by atoms with Crippen molar-refractivity contribution in [3.05, 3.63) is 35.4 Å². The average molecular weight is 192 g/mol. The van der Waals surface area contributed by atoms with E-state index in [1.807, 2.05) is 6.92 Å². The lowest BCUT2D eigenvalue weighted by Gasteiger charge is -2.05. The van der Waals surface area contributed by atoms with E-state index in [0.29, 0.717) is 5.57 Å². The van der Waals surface area contributed by atoms with Gasteiger partial charge in [-0.15, -0.1) is 0 Å². The molecule has 0 saturated carbocycles. The van der Waals surface area contributed by atoms with Crippen molar-refractivity contribution < 1.29 is 15.0 Å². The summed E-state index contributed by atoms with van der Waals surface area (Å²) in [4.78, 5) is 10.4. The van der Waals surface area contributed by atoms with Crippen molar-refractivity contribution in [2.24, 2.45) is 0 Å². The molecule has 3 heteroatoms. The molecule has 0 unspecified atom stereocenters. The molecule has 0 heterocycles. The lowest BCUT2D eigenvalue weighted by atomic mass is 10.0. The predicted octanol–water partition coefficient (Wildman–Crippen LogP) is 2.19. The fourth-order valence-electron chi connectivity index (χ4n) is 1.35. The Hall–Kier alpha value is -1.77. The molecule has 0 fully saturated rings. The second-order valence-electron chi connectivity index (χ2n) is 3.16. The number of carboxylic acid groups (broad SMARTS) is 1. The van der Waals surface area contributed by atoms with E-state index < -0.39 is 5.97 Å². The summed E-state index contributed by atoms with van der Waals surface area (Å²) in [6.45, 7) is 3.56. The molecule has 0 amide bonds. The Morgan fingerprint density at radius 1 is 1.43 bits per heavy atom. The maximum atomic E-state index is 10.4. The van der Waals surface area contributed by atoms with Crippen LogP contribution in [0.5, 0.6) is 5.75 Å². The molecule has 2 N–H and O–H groups in total. The molecule has 1 aromatic rings. The highest BCUT2D eigenvalue weighted by Gasteiger charge is 2.02. The molecular formula is C11H12O3. The minimum atomic E-state index is -0.963. The van der Waals surface area contributed by atoms with Crippen molar-refractivity contribution in [3.8, 4) is 5.75 Å². The van der Waals surface area contributed by atoms with Gasteiger partial charge in [-0.3, -0.25) is 0 Å². The number of hydrogen-bond acceptors (Lipinski definition) is 2. The molecule has 1 rings (SSSR count). The summed E-state index contributed by atoms with van der Waals surface area (Å²) in [5.41, 5.74) is 2.38. The number of carboxylic acids is 1. The summed E-state index contributed by atoms with van der Waals surface area (Å²) in [6, 6.07) is 4.86. The molecule has 0 aliphatic carbocycles. The van der Waals surface area contributed by atoms with Crippen LogP contribution < -0.4 is 0 Å². The Morgan fingerprint density at radius 3 is 2.57 bits per heavy atom. The van der Waals surface area contributed by atoms with Gasteiger partial charge in [-0.1, -0.05) is 6.07 Å². The van der Waals surface area contributed by atoms with E-state index in [-0.39, 0.29) is 5.75 Å². The van der Waals surface area contributed by atoms with Crippen LogP contribution in [0.15, 0.2) is 24.3 Å². The van der Waals surface area contributed by atoms with Gasteiger partial charge < -0.3 is 10.2 Å². The zero-order chi connectivity index (χ0) is 10.7. The maximum Gasteiger partial charge on any atom is 0.328 e. The van der Waals surface area contributed by atoms with Crippen LogP contribution in [0.2, 0.25) is 0 Å². The van der Waals surface area contributed by atoms with Crippen LogP contribution in [0.1, 0.15) is 18.1 Å². The molecule has 0 radical (unpaired) electrons. The third kappa shape index (κ3) is 2.36. The summed E-state index contributed by atoms with van der Waals surface area (Å²) in [7, 11) is 0. The number of aromatic hydroxyl groups is 1. The first-order valence-electron chi connectivity index (χ1n) is 4.22. The number of carbonyl (C=O) groups is 1. The van der Waals surface area contributed by atoms with Crippen molar-refractivity contribution in [1.29, 1.82) is 0 Å². The first kappa shape index (κ1) is 10.3. The second-order valence-corrected chi connectivity index (χ2v) is 3.16. The number of hydrogen-bond donors (Lipinski definition) is 2. The van der Waals surface area contributed by atoms with Gasteiger partial charge >= 0.3 is 5.97 Å². The largest absolute Gasteiger partial charge is 0.508 e. The Morgan fingerprint density at radius 2 is 2.07 bits per heavy atom. The fourth-order valence-corrected chi connectivity index (χ4v) is 1.35. The summed E-state index contributed by atoms with van der Waals surface area (Å²) < 4.78 is 0. The van der Waals surface area contributed by atoms with Crippen molar-refractivity contribution in [2.75, 3.05) is 0 Å².